The van der Waals surface area contributed by atoms with Gasteiger partial charge in [-0.05, 0) is 81.8 Å². The summed E-state index contributed by atoms with van der Waals surface area (Å²) in [6.45, 7) is 15.7. The van der Waals surface area contributed by atoms with Crippen molar-refractivity contribution < 1.29 is 9.15 Å². The molecule has 244 valence electrons. The molecule has 8 aromatic rings. The Balaban J connectivity index is 1.28. The third kappa shape index (κ3) is 5.25. The SMILES string of the molecule is CC(C)c1cccc(C(C)C)c1-n1ccnc1-c1cccc(Oc2cc(-c3cc(C(C)(C)C)ccn3)c3oc4cccc5ccc2c3c54)c1. The first-order valence-electron chi connectivity index (χ1n) is 17.2. The van der Waals surface area contributed by atoms with Crippen LogP contribution in [0.1, 0.15) is 77.0 Å². The van der Waals surface area contributed by atoms with Gasteiger partial charge in [-0.15, -0.1) is 0 Å². The minimum atomic E-state index is -0.0247. The molecule has 5 aromatic carbocycles. The van der Waals surface area contributed by atoms with E-state index in [2.05, 4.69) is 126 Å². The van der Waals surface area contributed by atoms with Gasteiger partial charge in [-0.3, -0.25) is 9.55 Å². The van der Waals surface area contributed by atoms with Gasteiger partial charge in [-0.2, -0.15) is 0 Å². The van der Waals surface area contributed by atoms with Crippen molar-refractivity contribution in [3.63, 3.8) is 0 Å². The highest BCUT2D eigenvalue weighted by molar-refractivity contribution is 6.25. The Hall–Kier alpha value is -5.42. The Labute approximate surface area is 287 Å². The molecule has 8 rings (SSSR count). The van der Waals surface area contributed by atoms with Gasteiger partial charge in [0, 0.05) is 45.9 Å². The van der Waals surface area contributed by atoms with E-state index in [-0.39, 0.29) is 5.41 Å². The Kier molecular flexibility index (Phi) is 7.33. The fraction of sp³-hybridized carbons (Fsp3) is 0.227. The van der Waals surface area contributed by atoms with Crippen LogP contribution in [0.5, 0.6) is 11.5 Å². The molecule has 0 bridgehead atoms. The first-order chi connectivity index (χ1) is 23.6. The lowest BCUT2D eigenvalue weighted by atomic mass is 9.86. The number of para-hydroxylation sites is 1. The van der Waals surface area contributed by atoms with Gasteiger partial charge in [0.25, 0.3) is 0 Å². The molecular weight excluding hydrogens is 603 g/mol. The summed E-state index contributed by atoms with van der Waals surface area (Å²) in [6.07, 6.45) is 5.86. The number of hydrogen-bond donors (Lipinski definition) is 0. The van der Waals surface area contributed by atoms with E-state index in [0.29, 0.717) is 11.8 Å². The van der Waals surface area contributed by atoms with E-state index in [1.807, 2.05) is 36.7 Å². The Morgan fingerprint density at radius 2 is 1.49 bits per heavy atom. The quantitative estimate of drug-likeness (QED) is 0.162. The lowest BCUT2D eigenvalue weighted by Gasteiger charge is -2.22. The first kappa shape index (κ1) is 30.9. The summed E-state index contributed by atoms with van der Waals surface area (Å²) in [5.41, 5.74) is 9.46. The maximum Gasteiger partial charge on any atom is 0.145 e. The van der Waals surface area contributed by atoms with E-state index >= 15 is 0 Å². The second kappa shape index (κ2) is 11.6. The van der Waals surface area contributed by atoms with Crippen molar-refractivity contribution in [2.24, 2.45) is 0 Å². The van der Waals surface area contributed by atoms with Gasteiger partial charge in [0.1, 0.15) is 28.5 Å². The Morgan fingerprint density at radius 1 is 0.735 bits per heavy atom. The van der Waals surface area contributed by atoms with E-state index in [1.54, 1.807) is 0 Å². The third-order valence-electron chi connectivity index (χ3n) is 9.68. The number of imidazole rings is 1. The number of hydrogen-bond acceptors (Lipinski definition) is 4. The van der Waals surface area contributed by atoms with Crippen LogP contribution in [0.2, 0.25) is 0 Å². The van der Waals surface area contributed by atoms with Crippen molar-refractivity contribution >= 4 is 32.7 Å². The van der Waals surface area contributed by atoms with Crippen LogP contribution < -0.4 is 4.74 Å². The summed E-state index contributed by atoms with van der Waals surface area (Å²) < 4.78 is 15.7. The maximum atomic E-state index is 6.87. The molecule has 0 fully saturated rings. The number of benzene rings is 5. The predicted octanol–water partition coefficient (Wildman–Crippen LogP) is 12.4. The van der Waals surface area contributed by atoms with Crippen molar-refractivity contribution in [1.82, 2.24) is 14.5 Å². The summed E-state index contributed by atoms with van der Waals surface area (Å²) in [7, 11) is 0. The highest BCUT2D eigenvalue weighted by atomic mass is 16.5. The van der Waals surface area contributed by atoms with Crippen molar-refractivity contribution in [1.29, 1.82) is 0 Å². The number of pyridine rings is 1. The molecule has 0 aliphatic carbocycles. The molecule has 0 amide bonds. The number of nitrogens with zero attached hydrogens (tertiary/aromatic N) is 3. The summed E-state index contributed by atoms with van der Waals surface area (Å²) in [5, 5.41) is 4.30. The fourth-order valence-electron chi connectivity index (χ4n) is 7.13. The molecule has 3 heterocycles. The first-order valence-corrected chi connectivity index (χ1v) is 17.2. The normalized spacial score (nSPS) is 12.3. The monoisotopic (exact) mass is 643 g/mol. The predicted molar refractivity (Wildman–Crippen MR) is 202 cm³/mol. The average molecular weight is 644 g/mol. The van der Waals surface area contributed by atoms with Crippen LogP contribution in [0, 0.1) is 0 Å². The van der Waals surface area contributed by atoms with Gasteiger partial charge >= 0.3 is 0 Å². The van der Waals surface area contributed by atoms with Crippen LogP contribution in [0.3, 0.4) is 0 Å². The Morgan fingerprint density at radius 3 is 2.24 bits per heavy atom. The molecule has 5 heteroatoms. The molecule has 0 saturated carbocycles. The fourth-order valence-corrected chi connectivity index (χ4v) is 7.13. The van der Waals surface area contributed by atoms with Gasteiger partial charge in [-0.1, -0.05) is 97.0 Å². The van der Waals surface area contributed by atoms with Crippen molar-refractivity contribution in [2.45, 2.75) is 65.7 Å². The van der Waals surface area contributed by atoms with Crippen LogP contribution in [-0.2, 0) is 5.41 Å². The molecule has 0 saturated heterocycles. The van der Waals surface area contributed by atoms with Crippen molar-refractivity contribution in [3.05, 3.63) is 126 Å². The minimum absolute atomic E-state index is 0.0247. The molecule has 3 aromatic heterocycles. The van der Waals surface area contributed by atoms with Crippen molar-refractivity contribution in [3.8, 4) is 39.8 Å². The van der Waals surface area contributed by atoms with E-state index < -0.39 is 0 Å². The number of aromatic nitrogens is 3. The third-order valence-corrected chi connectivity index (χ3v) is 9.68. The second-order valence-electron chi connectivity index (χ2n) is 14.7. The summed E-state index contributed by atoms with van der Waals surface area (Å²) in [5.74, 6) is 3.10. The maximum absolute atomic E-state index is 6.87. The molecule has 0 spiro atoms. The molecule has 0 atom stereocenters. The second-order valence-corrected chi connectivity index (χ2v) is 14.7. The van der Waals surface area contributed by atoms with E-state index in [9.17, 15) is 0 Å². The van der Waals surface area contributed by atoms with Crippen LogP contribution >= 0.6 is 0 Å². The van der Waals surface area contributed by atoms with Crippen LogP contribution in [0.25, 0.3) is 61.0 Å². The number of furan rings is 1. The largest absolute Gasteiger partial charge is 0.457 e. The van der Waals surface area contributed by atoms with Gasteiger partial charge < -0.3 is 9.15 Å². The van der Waals surface area contributed by atoms with Gasteiger partial charge in [-0.25, -0.2) is 4.98 Å². The van der Waals surface area contributed by atoms with Crippen LogP contribution in [-0.4, -0.2) is 14.5 Å². The molecule has 0 aliphatic heterocycles. The molecule has 0 aliphatic rings. The summed E-state index contributed by atoms with van der Waals surface area (Å²) in [6, 6.07) is 31.8. The summed E-state index contributed by atoms with van der Waals surface area (Å²) >= 11 is 0. The average Bonchev–Trinajstić information content (AvgIpc) is 3.73. The Bertz CT molecular complexity index is 2450. The highest BCUT2D eigenvalue weighted by Crippen LogP contribution is 2.46. The zero-order valence-corrected chi connectivity index (χ0v) is 29.2. The topological polar surface area (TPSA) is 53.1 Å². The molecule has 0 radical (unpaired) electrons. The van der Waals surface area contributed by atoms with Crippen LogP contribution in [0.4, 0.5) is 0 Å². The summed E-state index contributed by atoms with van der Waals surface area (Å²) in [4.78, 5) is 9.72. The number of ether oxygens (including phenoxy) is 1. The van der Waals surface area contributed by atoms with E-state index in [0.717, 1.165) is 66.9 Å². The van der Waals surface area contributed by atoms with E-state index in [1.165, 1.54) is 22.4 Å². The van der Waals surface area contributed by atoms with Gasteiger partial charge in [0.2, 0.25) is 0 Å². The minimum Gasteiger partial charge on any atom is -0.457 e. The molecule has 0 N–H and O–H groups in total. The van der Waals surface area contributed by atoms with Crippen molar-refractivity contribution in [2.75, 3.05) is 0 Å². The van der Waals surface area contributed by atoms with Crippen LogP contribution in [0.15, 0.2) is 114 Å². The van der Waals surface area contributed by atoms with Gasteiger partial charge in [0.15, 0.2) is 0 Å². The zero-order chi connectivity index (χ0) is 34.0. The zero-order valence-electron chi connectivity index (χ0n) is 29.2. The molecule has 0 unspecified atom stereocenters. The molecular formula is C44H41N3O2. The van der Waals surface area contributed by atoms with E-state index in [4.69, 9.17) is 19.1 Å². The lowest BCUT2D eigenvalue weighted by Crippen LogP contribution is -2.11. The molecule has 49 heavy (non-hydrogen) atoms. The van der Waals surface area contributed by atoms with Gasteiger partial charge in [0.05, 0.1) is 11.4 Å². The highest BCUT2D eigenvalue weighted by Gasteiger charge is 2.24. The number of rotatable bonds is 7. The molecule has 5 nitrogen and oxygen atoms in total. The smallest absolute Gasteiger partial charge is 0.145 e. The lowest BCUT2D eigenvalue weighted by molar-refractivity contribution is 0.488. The standard InChI is InChI=1S/C44H41N3O2/c1-26(2)32-14-10-15-33(27(3)4)41(32)47-22-21-46-43(47)29-12-8-13-31(23-29)48-38-25-35(36-24-30(19-20-45-36)44(5,6)7)42-40-34(38)18-17-28-11-9-16-37(49-42)39(28)40/h8-27H,1-7H3.